The van der Waals surface area contributed by atoms with Gasteiger partial charge in [0.1, 0.15) is 0 Å². The summed E-state index contributed by atoms with van der Waals surface area (Å²) in [7, 11) is 0. The van der Waals surface area contributed by atoms with E-state index in [1.54, 1.807) is 17.3 Å². The topological polar surface area (TPSA) is 91.2 Å². The van der Waals surface area contributed by atoms with Gasteiger partial charge in [0.15, 0.2) is 5.69 Å². The second kappa shape index (κ2) is 6.97. The van der Waals surface area contributed by atoms with Crippen LogP contribution in [0.5, 0.6) is 0 Å². The molecule has 1 unspecified atom stereocenters. The van der Waals surface area contributed by atoms with Crippen molar-refractivity contribution in [2.45, 2.75) is 25.5 Å². The number of fused-ring (bicyclic) bond motifs is 1. The van der Waals surface area contributed by atoms with Crippen LogP contribution < -0.4 is 5.32 Å². The lowest BCUT2D eigenvalue weighted by Gasteiger charge is -2.17. The smallest absolute Gasteiger partial charge is 0.274 e. The highest BCUT2D eigenvalue weighted by molar-refractivity contribution is 7.17. The quantitative estimate of drug-likeness (QED) is 0.734. The molecule has 1 amide bonds. The summed E-state index contributed by atoms with van der Waals surface area (Å²) >= 11 is 1.45. The maximum atomic E-state index is 12.9. The molecule has 134 valence electrons. The molecule has 2 N–H and O–H groups in total. The third-order valence-corrected chi connectivity index (χ3v) is 5.40. The van der Waals surface area contributed by atoms with Crippen molar-refractivity contribution in [3.05, 3.63) is 47.2 Å². The number of hydrogen-bond donors (Lipinski definition) is 2. The highest BCUT2D eigenvalue weighted by atomic mass is 32.1. The van der Waals surface area contributed by atoms with Crippen molar-refractivity contribution in [1.82, 2.24) is 19.9 Å². The summed E-state index contributed by atoms with van der Waals surface area (Å²) in [5, 5.41) is 14.9. The zero-order valence-corrected chi connectivity index (χ0v) is 15.1. The largest absolute Gasteiger partial charge is 0.391 e. The van der Waals surface area contributed by atoms with Crippen LogP contribution in [0.15, 0.2) is 36.0 Å². The van der Waals surface area contributed by atoms with Gasteiger partial charge in [-0.1, -0.05) is 6.07 Å². The summed E-state index contributed by atoms with van der Waals surface area (Å²) in [6.45, 7) is 2.90. The van der Waals surface area contributed by atoms with E-state index in [4.69, 9.17) is 0 Å². The van der Waals surface area contributed by atoms with E-state index in [1.165, 1.54) is 11.3 Å². The maximum absolute atomic E-state index is 12.9. The number of nitrogens with one attached hydrogen (secondary N) is 1. The Labute approximate surface area is 154 Å². The van der Waals surface area contributed by atoms with Gasteiger partial charge in [0.2, 0.25) is 5.95 Å². The zero-order valence-electron chi connectivity index (χ0n) is 14.3. The number of likely N-dealkylation sites (tertiary alicyclic amines) is 1. The number of amides is 1. The van der Waals surface area contributed by atoms with Crippen LogP contribution in [0, 0.1) is 0 Å². The number of pyridine rings is 1. The summed E-state index contributed by atoms with van der Waals surface area (Å²) in [6.07, 6.45) is 3.67. The van der Waals surface area contributed by atoms with Crippen molar-refractivity contribution in [3.63, 3.8) is 0 Å². The Balaban J connectivity index is 1.65. The number of rotatable bonds is 4. The van der Waals surface area contributed by atoms with E-state index in [2.05, 4.69) is 20.3 Å². The third-order valence-electron chi connectivity index (χ3n) is 4.49. The van der Waals surface area contributed by atoms with Gasteiger partial charge in [0.05, 0.1) is 22.4 Å². The average Bonchev–Trinajstić information content (AvgIpc) is 3.30. The van der Waals surface area contributed by atoms with Crippen molar-refractivity contribution < 1.29 is 9.90 Å². The van der Waals surface area contributed by atoms with Crippen LogP contribution in [-0.4, -0.2) is 50.1 Å². The summed E-state index contributed by atoms with van der Waals surface area (Å²) in [5.74, 6) is 0.254. The molecule has 1 aliphatic rings. The van der Waals surface area contributed by atoms with Gasteiger partial charge in [0, 0.05) is 25.5 Å². The molecule has 1 aliphatic heterocycles. The molecule has 3 aromatic heterocycles. The van der Waals surface area contributed by atoms with Gasteiger partial charge in [-0.3, -0.25) is 9.78 Å². The van der Waals surface area contributed by atoms with Crippen LogP contribution in [0.1, 0.15) is 35.4 Å². The second-order valence-corrected chi connectivity index (χ2v) is 7.29. The van der Waals surface area contributed by atoms with Gasteiger partial charge in [-0.15, -0.1) is 11.3 Å². The first kappa shape index (κ1) is 16.9. The standard InChI is InChI=1S/C18H19N5O2S/c1-11(12-3-2-6-19-9-12)20-18-21-14-5-8-26-16(14)15(22-18)17(25)23-7-4-13(24)10-23/h2-3,5-6,8-9,11,13,24H,4,7,10H2,1H3,(H,20,21,22)/t11?,13-/m1/s1. The molecular formula is C18H19N5O2S. The maximum Gasteiger partial charge on any atom is 0.274 e. The summed E-state index contributed by atoms with van der Waals surface area (Å²) in [4.78, 5) is 27.7. The van der Waals surface area contributed by atoms with Gasteiger partial charge in [-0.2, -0.15) is 0 Å². The molecule has 4 heterocycles. The van der Waals surface area contributed by atoms with Crippen molar-refractivity contribution in [2.24, 2.45) is 0 Å². The van der Waals surface area contributed by atoms with Crippen LogP contribution in [-0.2, 0) is 0 Å². The Morgan fingerprint density at radius 3 is 3.04 bits per heavy atom. The third kappa shape index (κ3) is 3.25. The predicted molar refractivity (Wildman–Crippen MR) is 100 cm³/mol. The lowest BCUT2D eigenvalue weighted by Crippen LogP contribution is -2.30. The minimum Gasteiger partial charge on any atom is -0.391 e. The molecule has 1 saturated heterocycles. The van der Waals surface area contributed by atoms with Crippen molar-refractivity contribution in [2.75, 3.05) is 18.4 Å². The molecule has 0 bridgehead atoms. The number of aliphatic hydroxyl groups is 1. The van der Waals surface area contributed by atoms with Crippen molar-refractivity contribution >= 4 is 33.4 Å². The SMILES string of the molecule is CC(Nc1nc(C(=O)N2CC[C@@H](O)C2)c2sccc2n1)c1cccnc1. The summed E-state index contributed by atoms with van der Waals surface area (Å²) < 4.78 is 0.774. The van der Waals surface area contributed by atoms with Crippen LogP contribution >= 0.6 is 11.3 Å². The van der Waals surface area contributed by atoms with E-state index in [0.717, 1.165) is 15.8 Å². The highest BCUT2D eigenvalue weighted by Crippen LogP contribution is 2.27. The fraction of sp³-hybridized carbons (Fsp3) is 0.333. The van der Waals surface area contributed by atoms with Crippen LogP contribution in [0.3, 0.4) is 0 Å². The minimum absolute atomic E-state index is 0.0450. The molecule has 0 saturated carbocycles. The molecular weight excluding hydrogens is 350 g/mol. The molecule has 4 rings (SSSR count). The number of aromatic nitrogens is 3. The normalized spacial score (nSPS) is 18.2. The van der Waals surface area contributed by atoms with Gasteiger partial charge >= 0.3 is 0 Å². The first-order chi connectivity index (χ1) is 12.6. The molecule has 0 aromatic carbocycles. The molecule has 0 aliphatic carbocycles. The Bertz CT molecular complexity index is 930. The van der Waals surface area contributed by atoms with Gasteiger partial charge in [0.25, 0.3) is 5.91 Å². The first-order valence-electron chi connectivity index (χ1n) is 8.51. The van der Waals surface area contributed by atoms with Crippen LogP contribution in [0.2, 0.25) is 0 Å². The second-order valence-electron chi connectivity index (χ2n) is 6.38. The van der Waals surface area contributed by atoms with Crippen molar-refractivity contribution in [3.8, 4) is 0 Å². The monoisotopic (exact) mass is 369 g/mol. The van der Waals surface area contributed by atoms with Gasteiger partial charge in [-0.05, 0) is 36.4 Å². The lowest BCUT2D eigenvalue weighted by atomic mass is 10.1. The number of aliphatic hydroxyl groups excluding tert-OH is 1. The van der Waals surface area contributed by atoms with Crippen molar-refractivity contribution in [1.29, 1.82) is 0 Å². The lowest BCUT2D eigenvalue weighted by molar-refractivity contribution is 0.0761. The molecule has 1 fully saturated rings. The number of β-amino-alcohol motifs (C(OH)–C–C–N with tert-alkyl or cyclic N) is 1. The first-order valence-corrected chi connectivity index (χ1v) is 9.39. The molecule has 8 heteroatoms. The number of carbonyl (C=O) groups is 1. The van der Waals surface area contributed by atoms with Crippen LogP contribution in [0.25, 0.3) is 10.2 Å². The van der Waals surface area contributed by atoms with E-state index in [0.29, 0.717) is 31.2 Å². The van der Waals surface area contributed by atoms with E-state index in [-0.39, 0.29) is 11.9 Å². The molecule has 7 nitrogen and oxygen atoms in total. The average molecular weight is 369 g/mol. The van der Waals surface area contributed by atoms with E-state index >= 15 is 0 Å². The Morgan fingerprint density at radius 1 is 1.42 bits per heavy atom. The van der Waals surface area contributed by atoms with Gasteiger partial charge < -0.3 is 15.3 Å². The molecule has 0 spiro atoms. The molecule has 0 radical (unpaired) electrons. The summed E-state index contributed by atoms with van der Waals surface area (Å²) in [6, 6.07) is 5.70. The number of anilines is 1. The fourth-order valence-corrected chi connectivity index (χ4v) is 3.87. The van der Waals surface area contributed by atoms with Gasteiger partial charge in [-0.25, -0.2) is 9.97 Å². The molecule has 3 aromatic rings. The highest BCUT2D eigenvalue weighted by Gasteiger charge is 2.28. The fourth-order valence-electron chi connectivity index (χ4n) is 3.06. The molecule has 26 heavy (non-hydrogen) atoms. The predicted octanol–water partition coefficient (Wildman–Crippen LogP) is 2.47. The number of nitrogens with zero attached hydrogens (tertiary/aromatic N) is 4. The van der Waals surface area contributed by atoms with Crippen LogP contribution in [0.4, 0.5) is 5.95 Å². The Hall–Kier alpha value is -2.58. The number of carbonyl (C=O) groups excluding carboxylic acids is 1. The van der Waals surface area contributed by atoms with E-state index in [1.807, 2.05) is 30.5 Å². The Morgan fingerprint density at radius 2 is 2.31 bits per heavy atom. The number of thiophene rings is 1. The van der Waals surface area contributed by atoms with E-state index < -0.39 is 6.10 Å². The zero-order chi connectivity index (χ0) is 18.1. The summed E-state index contributed by atoms with van der Waals surface area (Å²) in [5.41, 5.74) is 2.14. The Kier molecular flexibility index (Phi) is 4.52. The molecule has 2 atom stereocenters. The minimum atomic E-state index is -0.456. The van der Waals surface area contributed by atoms with E-state index in [9.17, 15) is 9.90 Å². The number of hydrogen-bond acceptors (Lipinski definition) is 7.